The molecule has 0 N–H and O–H groups in total. The van der Waals surface area contributed by atoms with Gasteiger partial charge in [-0.25, -0.2) is 0 Å². The van der Waals surface area contributed by atoms with E-state index in [1.165, 1.54) is 7.11 Å². The molecule has 7 heteroatoms. The Morgan fingerprint density at radius 2 is 2.19 bits per heavy atom. The standard InChI is InChI=1S/C14H17N3O4/c1-19-13-7-11(14(18)12(21-13)8-16-17-15)20-9-10-5-3-2-4-6-10/h2-6,11-13H,7-9H2,1H3/t11-,12-,13+/m1/s1. The van der Waals surface area contributed by atoms with Crippen LogP contribution in [0.3, 0.4) is 0 Å². The Kier molecular flexibility index (Phi) is 5.71. The van der Waals surface area contributed by atoms with Gasteiger partial charge in [0.15, 0.2) is 12.1 Å². The molecule has 7 nitrogen and oxygen atoms in total. The summed E-state index contributed by atoms with van der Waals surface area (Å²) in [6.45, 7) is 0.280. The summed E-state index contributed by atoms with van der Waals surface area (Å²) in [5.74, 6) is -0.216. The molecule has 1 fully saturated rings. The summed E-state index contributed by atoms with van der Waals surface area (Å²) in [6, 6.07) is 9.59. The molecule has 112 valence electrons. The van der Waals surface area contributed by atoms with Crippen LogP contribution in [0, 0.1) is 0 Å². The maximum absolute atomic E-state index is 12.2. The monoisotopic (exact) mass is 291 g/mol. The van der Waals surface area contributed by atoms with Gasteiger partial charge in [-0.15, -0.1) is 0 Å². The molecule has 1 heterocycles. The van der Waals surface area contributed by atoms with Crippen LogP contribution >= 0.6 is 0 Å². The van der Waals surface area contributed by atoms with E-state index in [9.17, 15) is 4.79 Å². The van der Waals surface area contributed by atoms with E-state index < -0.39 is 18.5 Å². The van der Waals surface area contributed by atoms with E-state index in [1.54, 1.807) is 0 Å². The van der Waals surface area contributed by atoms with Gasteiger partial charge in [0.2, 0.25) is 0 Å². The molecule has 0 unspecified atom stereocenters. The zero-order valence-electron chi connectivity index (χ0n) is 11.7. The molecule has 21 heavy (non-hydrogen) atoms. The fourth-order valence-electron chi connectivity index (χ4n) is 2.12. The number of Topliss-reactive ketones (excluding diaryl/α,β-unsaturated/α-hetero) is 1. The van der Waals surface area contributed by atoms with Crippen molar-refractivity contribution in [1.82, 2.24) is 0 Å². The van der Waals surface area contributed by atoms with Crippen LogP contribution in [0.25, 0.3) is 10.4 Å². The zero-order valence-corrected chi connectivity index (χ0v) is 11.7. The molecule has 0 radical (unpaired) electrons. The number of benzene rings is 1. The highest BCUT2D eigenvalue weighted by atomic mass is 16.7. The van der Waals surface area contributed by atoms with Crippen LogP contribution in [0.2, 0.25) is 0 Å². The van der Waals surface area contributed by atoms with E-state index in [0.29, 0.717) is 13.0 Å². The van der Waals surface area contributed by atoms with Gasteiger partial charge in [0.25, 0.3) is 0 Å². The lowest BCUT2D eigenvalue weighted by Gasteiger charge is -2.32. The molecule has 1 aromatic rings. The minimum absolute atomic E-state index is 0.0552. The van der Waals surface area contributed by atoms with Crippen molar-refractivity contribution in [2.45, 2.75) is 31.5 Å². The largest absolute Gasteiger partial charge is 0.365 e. The SMILES string of the molecule is CO[C@@H]1C[C@@H](OCc2ccccc2)C(=O)[C@@H](CN=[N+]=[N-])O1. The second kappa shape index (κ2) is 7.75. The average Bonchev–Trinajstić information content (AvgIpc) is 2.53. The third-order valence-corrected chi connectivity index (χ3v) is 3.22. The predicted octanol–water partition coefficient (Wildman–Crippen LogP) is 2.21. The molecule has 1 aliphatic heterocycles. The second-order valence-corrected chi connectivity index (χ2v) is 4.63. The molecule has 0 aromatic heterocycles. The van der Waals surface area contributed by atoms with Gasteiger partial charge in [0.05, 0.1) is 13.2 Å². The van der Waals surface area contributed by atoms with Crippen LogP contribution in [0.15, 0.2) is 35.4 Å². The Morgan fingerprint density at radius 1 is 1.43 bits per heavy atom. The molecule has 0 amide bonds. The van der Waals surface area contributed by atoms with Gasteiger partial charge in [-0.05, 0) is 11.1 Å². The number of ether oxygens (including phenoxy) is 3. The molecule has 3 atom stereocenters. The lowest BCUT2D eigenvalue weighted by molar-refractivity contribution is -0.207. The van der Waals surface area contributed by atoms with Crippen LogP contribution in [-0.4, -0.2) is 37.9 Å². The molecule has 0 spiro atoms. The molecule has 0 aliphatic carbocycles. The number of carbonyl (C=O) groups excluding carboxylic acids is 1. The number of rotatable bonds is 6. The van der Waals surface area contributed by atoms with E-state index in [4.69, 9.17) is 19.7 Å². The van der Waals surface area contributed by atoms with Gasteiger partial charge in [-0.2, -0.15) is 0 Å². The zero-order chi connectivity index (χ0) is 15.1. The van der Waals surface area contributed by atoms with Crippen molar-refractivity contribution in [3.05, 3.63) is 46.3 Å². The van der Waals surface area contributed by atoms with E-state index >= 15 is 0 Å². The third kappa shape index (κ3) is 4.27. The summed E-state index contributed by atoms with van der Waals surface area (Å²) in [6.07, 6.45) is -1.65. The van der Waals surface area contributed by atoms with Gasteiger partial charge >= 0.3 is 0 Å². The molecular weight excluding hydrogens is 274 g/mol. The van der Waals surface area contributed by atoms with Crippen molar-refractivity contribution in [3.8, 4) is 0 Å². The summed E-state index contributed by atoms with van der Waals surface area (Å²) >= 11 is 0. The smallest absolute Gasteiger partial charge is 0.190 e. The predicted molar refractivity (Wildman–Crippen MR) is 74.3 cm³/mol. The number of azide groups is 1. The van der Waals surface area contributed by atoms with E-state index in [0.717, 1.165) is 5.56 Å². The van der Waals surface area contributed by atoms with Crippen LogP contribution in [-0.2, 0) is 25.6 Å². The van der Waals surface area contributed by atoms with Gasteiger partial charge in [-0.3, -0.25) is 4.79 Å². The van der Waals surface area contributed by atoms with Crippen LogP contribution in [0.5, 0.6) is 0 Å². The molecule has 0 saturated carbocycles. The van der Waals surface area contributed by atoms with Gasteiger partial charge < -0.3 is 14.2 Å². The summed E-state index contributed by atoms with van der Waals surface area (Å²) in [7, 11) is 1.50. The molecular formula is C14H17N3O4. The van der Waals surface area contributed by atoms with Crippen molar-refractivity contribution in [2.75, 3.05) is 13.7 Å². The maximum atomic E-state index is 12.2. The van der Waals surface area contributed by atoms with Crippen molar-refractivity contribution in [2.24, 2.45) is 5.11 Å². The highest BCUT2D eigenvalue weighted by molar-refractivity contribution is 5.88. The highest BCUT2D eigenvalue weighted by Gasteiger charge is 2.37. The lowest BCUT2D eigenvalue weighted by atomic mass is 10.0. The van der Waals surface area contributed by atoms with Crippen LogP contribution in [0.1, 0.15) is 12.0 Å². The Bertz CT molecular complexity index is 516. The number of methoxy groups -OCH3 is 1. The fraction of sp³-hybridized carbons (Fsp3) is 0.500. The molecule has 1 aliphatic rings. The van der Waals surface area contributed by atoms with E-state index in [2.05, 4.69) is 10.0 Å². The minimum atomic E-state index is -0.819. The highest BCUT2D eigenvalue weighted by Crippen LogP contribution is 2.21. The van der Waals surface area contributed by atoms with Crippen molar-refractivity contribution in [1.29, 1.82) is 0 Å². The first-order valence-electron chi connectivity index (χ1n) is 6.63. The molecule has 1 aromatic carbocycles. The number of ketones is 1. The first kappa shape index (κ1) is 15.5. The van der Waals surface area contributed by atoms with Crippen LogP contribution < -0.4 is 0 Å². The topological polar surface area (TPSA) is 93.5 Å². The van der Waals surface area contributed by atoms with Crippen molar-refractivity contribution < 1.29 is 19.0 Å². The Morgan fingerprint density at radius 3 is 2.86 bits per heavy atom. The minimum Gasteiger partial charge on any atom is -0.365 e. The quantitative estimate of drug-likeness (QED) is 0.456. The Balaban J connectivity index is 1.99. The first-order chi connectivity index (χ1) is 10.2. The normalized spacial score (nSPS) is 25.4. The molecule has 1 saturated heterocycles. The summed E-state index contributed by atoms with van der Waals surface area (Å²) in [5, 5.41) is 3.39. The van der Waals surface area contributed by atoms with E-state index in [-0.39, 0.29) is 12.3 Å². The summed E-state index contributed by atoms with van der Waals surface area (Å²) < 4.78 is 16.2. The van der Waals surface area contributed by atoms with Crippen LogP contribution in [0.4, 0.5) is 0 Å². The summed E-state index contributed by atoms with van der Waals surface area (Å²) in [4.78, 5) is 14.9. The maximum Gasteiger partial charge on any atom is 0.190 e. The van der Waals surface area contributed by atoms with Crippen molar-refractivity contribution in [3.63, 3.8) is 0 Å². The number of hydrogen-bond donors (Lipinski definition) is 0. The number of nitrogens with zero attached hydrogens (tertiary/aromatic N) is 3. The Labute approximate surface area is 122 Å². The fourth-order valence-corrected chi connectivity index (χ4v) is 2.12. The average molecular weight is 291 g/mol. The first-order valence-corrected chi connectivity index (χ1v) is 6.63. The molecule has 2 rings (SSSR count). The van der Waals surface area contributed by atoms with Gasteiger partial charge in [0, 0.05) is 18.4 Å². The van der Waals surface area contributed by atoms with Gasteiger partial charge in [-0.1, -0.05) is 35.4 Å². The molecule has 0 bridgehead atoms. The summed E-state index contributed by atoms with van der Waals surface area (Å²) in [5.41, 5.74) is 9.34. The Hall–Kier alpha value is -1.92. The lowest BCUT2D eigenvalue weighted by Crippen LogP contribution is -2.47. The van der Waals surface area contributed by atoms with Crippen molar-refractivity contribution >= 4 is 5.78 Å². The second-order valence-electron chi connectivity index (χ2n) is 4.63. The third-order valence-electron chi connectivity index (χ3n) is 3.22. The number of hydrogen-bond acceptors (Lipinski definition) is 5. The van der Waals surface area contributed by atoms with Gasteiger partial charge in [0.1, 0.15) is 12.2 Å². The van der Waals surface area contributed by atoms with E-state index in [1.807, 2.05) is 30.3 Å². The number of carbonyl (C=O) groups is 1.